The molecular formula is C17H21NO2. The fourth-order valence-corrected chi connectivity index (χ4v) is 2.56. The maximum atomic E-state index is 6.61. The van der Waals surface area contributed by atoms with E-state index in [1.807, 2.05) is 56.3 Å². The minimum atomic E-state index is -0.622. The SMILES string of the molecule is COc1ccc(C(C)(N)c2ccccc2OC)c(C)c1. The van der Waals surface area contributed by atoms with Gasteiger partial charge in [-0.1, -0.05) is 24.3 Å². The van der Waals surface area contributed by atoms with Crippen LogP contribution in [0, 0.1) is 6.92 Å². The zero-order valence-electron chi connectivity index (χ0n) is 12.4. The first-order valence-electron chi connectivity index (χ1n) is 6.58. The second-order valence-electron chi connectivity index (χ2n) is 5.08. The molecule has 0 aliphatic rings. The van der Waals surface area contributed by atoms with Crippen molar-refractivity contribution in [1.29, 1.82) is 0 Å². The van der Waals surface area contributed by atoms with Crippen LogP contribution in [0.3, 0.4) is 0 Å². The Kier molecular flexibility index (Phi) is 4.00. The van der Waals surface area contributed by atoms with Crippen LogP contribution in [0.1, 0.15) is 23.6 Å². The number of benzene rings is 2. The van der Waals surface area contributed by atoms with Gasteiger partial charge in [-0.05, 0) is 43.2 Å². The van der Waals surface area contributed by atoms with Crippen LogP contribution in [0.25, 0.3) is 0 Å². The number of para-hydroxylation sites is 1. The highest BCUT2D eigenvalue weighted by Crippen LogP contribution is 2.35. The molecule has 2 N–H and O–H groups in total. The number of methoxy groups -OCH3 is 2. The van der Waals surface area contributed by atoms with Crippen LogP contribution in [0.4, 0.5) is 0 Å². The first-order chi connectivity index (χ1) is 9.50. The van der Waals surface area contributed by atoms with Gasteiger partial charge in [-0.3, -0.25) is 0 Å². The summed E-state index contributed by atoms with van der Waals surface area (Å²) in [5.41, 5.74) is 9.11. The highest BCUT2D eigenvalue weighted by molar-refractivity contribution is 5.49. The smallest absolute Gasteiger partial charge is 0.124 e. The molecule has 3 heteroatoms. The van der Waals surface area contributed by atoms with Gasteiger partial charge in [0.25, 0.3) is 0 Å². The highest BCUT2D eigenvalue weighted by Gasteiger charge is 2.28. The standard InChI is InChI=1S/C17H21NO2/c1-12-11-13(19-3)9-10-14(12)17(2,18)15-7-5-6-8-16(15)20-4/h5-11H,18H2,1-4H3. The van der Waals surface area contributed by atoms with E-state index in [4.69, 9.17) is 15.2 Å². The molecule has 0 aromatic heterocycles. The lowest BCUT2D eigenvalue weighted by Crippen LogP contribution is -2.35. The van der Waals surface area contributed by atoms with Crippen molar-refractivity contribution in [3.63, 3.8) is 0 Å². The van der Waals surface area contributed by atoms with E-state index in [-0.39, 0.29) is 0 Å². The van der Waals surface area contributed by atoms with Gasteiger partial charge < -0.3 is 15.2 Å². The topological polar surface area (TPSA) is 44.5 Å². The van der Waals surface area contributed by atoms with Crippen molar-refractivity contribution >= 4 is 0 Å². The summed E-state index contributed by atoms with van der Waals surface area (Å²) in [6.45, 7) is 4.04. The molecule has 0 bridgehead atoms. The van der Waals surface area contributed by atoms with E-state index in [0.29, 0.717) is 0 Å². The van der Waals surface area contributed by atoms with Crippen molar-refractivity contribution in [3.05, 3.63) is 59.2 Å². The van der Waals surface area contributed by atoms with E-state index >= 15 is 0 Å². The van der Waals surface area contributed by atoms with Gasteiger partial charge in [0.15, 0.2) is 0 Å². The van der Waals surface area contributed by atoms with Crippen LogP contribution in [0.5, 0.6) is 11.5 Å². The number of hydrogen-bond acceptors (Lipinski definition) is 3. The van der Waals surface area contributed by atoms with Gasteiger partial charge in [0.05, 0.1) is 19.8 Å². The third kappa shape index (κ3) is 2.49. The molecule has 0 saturated heterocycles. The average molecular weight is 271 g/mol. The molecule has 2 rings (SSSR count). The van der Waals surface area contributed by atoms with Gasteiger partial charge in [0.1, 0.15) is 11.5 Å². The van der Waals surface area contributed by atoms with Crippen LogP contribution in [0.2, 0.25) is 0 Å². The maximum Gasteiger partial charge on any atom is 0.124 e. The predicted octanol–water partition coefficient (Wildman–Crippen LogP) is 3.23. The minimum Gasteiger partial charge on any atom is -0.497 e. The molecule has 0 amide bonds. The molecule has 0 saturated carbocycles. The summed E-state index contributed by atoms with van der Waals surface area (Å²) in [4.78, 5) is 0. The number of nitrogens with two attached hydrogens (primary N) is 1. The number of rotatable bonds is 4. The van der Waals surface area contributed by atoms with Crippen molar-refractivity contribution in [2.75, 3.05) is 14.2 Å². The van der Waals surface area contributed by atoms with Crippen LogP contribution >= 0.6 is 0 Å². The number of aryl methyl sites for hydroxylation is 1. The quantitative estimate of drug-likeness (QED) is 0.928. The molecule has 0 radical (unpaired) electrons. The third-order valence-electron chi connectivity index (χ3n) is 3.66. The van der Waals surface area contributed by atoms with Gasteiger partial charge in [-0.2, -0.15) is 0 Å². The van der Waals surface area contributed by atoms with Crippen molar-refractivity contribution in [1.82, 2.24) is 0 Å². The van der Waals surface area contributed by atoms with Crippen LogP contribution < -0.4 is 15.2 Å². The van der Waals surface area contributed by atoms with E-state index in [9.17, 15) is 0 Å². The van der Waals surface area contributed by atoms with Crippen molar-refractivity contribution in [3.8, 4) is 11.5 Å². The molecule has 0 heterocycles. The lowest BCUT2D eigenvalue weighted by molar-refractivity contribution is 0.398. The monoisotopic (exact) mass is 271 g/mol. The summed E-state index contributed by atoms with van der Waals surface area (Å²) < 4.78 is 10.7. The molecular weight excluding hydrogens is 250 g/mol. The maximum absolute atomic E-state index is 6.61. The second-order valence-corrected chi connectivity index (χ2v) is 5.08. The Morgan fingerprint density at radius 1 is 0.950 bits per heavy atom. The van der Waals surface area contributed by atoms with E-state index < -0.39 is 5.54 Å². The summed E-state index contributed by atoms with van der Waals surface area (Å²) >= 11 is 0. The lowest BCUT2D eigenvalue weighted by atomic mass is 9.82. The van der Waals surface area contributed by atoms with Crippen molar-refractivity contribution in [2.24, 2.45) is 5.73 Å². The molecule has 0 spiro atoms. The average Bonchev–Trinajstić information content (AvgIpc) is 2.46. The van der Waals surface area contributed by atoms with Crippen LogP contribution in [0.15, 0.2) is 42.5 Å². The summed E-state index contributed by atoms with van der Waals surface area (Å²) in [7, 11) is 3.33. The molecule has 3 nitrogen and oxygen atoms in total. The zero-order chi connectivity index (χ0) is 14.8. The normalized spacial score (nSPS) is 13.7. The Labute approximate surface area is 120 Å². The molecule has 2 aromatic carbocycles. The Hall–Kier alpha value is -2.00. The molecule has 20 heavy (non-hydrogen) atoms. The number of ether oxygens (including phenoxy) is 2. The molecule has 0 aliphatic heterocycles. The molecule has 0 fully saturated rings. The Balaban J connectivity index is 2.54. The fraction of sp³-hybridized carbons (Fsp3) is 0.294. The van der Waals surface area contributed by atoms with E-state index in [1.54, 1.807) is 14.2 Å². The molecule has 0 aliphatic carbocycles. The summed E-state index contributed by atoms with van der Waals surface area (Å²) in [5, 5.41) is 0. The second kappa shape index (κ2) is 5.55. The van der Waals surface area contributed by atoms with Crippen molar-refractivity contribution < 1.29 is 9.47 Å². The Morgan fingerprint density at radius 2 is 1.65 bits per heavy atom. The highest BCUT2D eigenvalue weighted by atomic mass is 16.5. The molecule has 2 aromatic rings. The van der Waals surface area contributed by atoms with Crippen molar-refractivity contribution in [2.45, 2.75) is 19.4 Å². The minimum absolute atomic E-state index is 0.622. The van der Waals surface area contributed by atoms with Gasteiger partial charge >= 0.3 is 0 Å². The molecule has 106 valence electrons. The molecule has 1 atom stereocenters. The van der Waals surface area contributed by atoms with Crippen LogP contribution in [-0.2, 0) is 5.54 Å². The first kappa shape index (κ1) is 14.4. The summed E-state index contributed by atoms with van der Waals surface area (Å²) in [6, 6.07) is 13.8. The van der Waals surface area contributed by atoms with Gasteiger partial charge in [-0.15, -0.1) is 0 Å². The lowest BCUT2D eigenvalue weighted by Gasteiger charge is -2.29. The van der Waals surface area contributed by atoms with Gasteiger partial charge in [0, 0.05) is 5.56 Å². The fourth-order valence-electron chi connectivity index (χ4n) is 2.56. The Bertz CT molecular complexity index is 606. The summed E-state index contributed by atoms with van der Waals surface area (Å²) in [6.07, 6.45) is 0. The van der Waals surface area contributed by atoms with Crippen LogP contribution in [-0.4, -0.2) is 14.2 Å². The Morgan fingerprint density at radius 3 is 2.25 bits per heavy atom. The predicted molar refractivity (Wildman–Crippen MR) is 81.4 cm³/mol. The summed E-state index contributed by atoms with van der Waals surface area (Å²) in [5.74, 6) is 1.63. The largest absolute Gasteiger partial charge is 0.497 e. The van der Waals surface area contributed by atoms with E-state index in [2.05, 4.69) is 0 Å². The van der Waals surface area contributed by atoms with E-state index in [1.165, 1.54) is 0 Å². The van der Waals surface area contributed by atoms with Gasteiger partial charge in [-0.25, -0.2) is 0 Å². The molecule has 1 unspecified atom stereocenters. The van der Waals surface area contributed by atoms with Gasteiger partial charge in [0.2, 0.25) is 0 Å². The zero-order valence-corrected chi connectivity index (χ0v) is 12.4. The third-order valence-corrected chi connectivity index (χ3v) is 3.66. The first-order valence-corrected chi connectivity index (χ1v) is 6.58. The number of hydrogen-bond donors (Lipinski definition) is 1. The van der Waals surface area contributed by atoms with E-state index in [0.717, 1.165) is 28.2 Å².